The van der Waals surface area contributed by atoms with Gasteiger partial charge in [0, 0.05) is 18.2 Å². The van der Waals surface area contributed by atoms with Crippen LogP contribution in [0.25, 0.3) is 22.8 Å². The lowest BCUT2D eigenvalue weighted by Gasteiger charge is -2.26. The SMILES string of the molecule is COC1(c2nc(-c3ccc(-c4nnco4)cc3)no2)CCCCCC1. The van der Waals surface area contributed by atoms with Gasteiger partial charge in [0.2, 0.25) is 18.1 Å². The molecule has 0 unspecified atom stereocenters. The van der Waals surface area contributed by atoms with E-state index >= 15 is 0 Å². The van der Waals surface area contributed by atoms with Crippen LogP contribution in [0.2, 0.25) is 0 Å². The zero-order chi connectivity index (χ0) is 17.1. The summed E-state index contributed by atoms with van der Waals surface area (Å²) in [4.78, 5) is 4.63. The van der Waals surface area contributed by atoms with Gasteiger partial charge in [-0.05, 0) is 25.0 Å². The summed E-state index contributed by atoms with van der Waals surface area (Å²) in [5, 5.41) is 11.7. The lowest BCUT2D eigenvalue weighted by molar-refractivity contribution is -0.0520. The first-order valence-electron chi connectivity index (χ1n) is 8.57. The summed E-state index contributed by atoms with van der Waals surface area (Å²) in [5.74, 6) is 1.62. The van der Waals surface area contributed by atoms with Crippen LogP contribution in [0.3, 0.4) is 0 Å². The van der Waals surface area contributed by atoms with E-state index in [1.54, 1.807) is 7.11 Å². The Morgan fingerprint density at radius 1 is 1.00 bits per heavy atom. The summed E-state index contributed by atoms with van der Waals surface area (Å²) in [5.41, 5.74) is 1.27. The van der Waals surface area contributed by atoms with Crippen molar-refractivity contribution in [1.29, 1.82) is 0 Å². The molecule has 0 radical (unpaired) electrons. The molecule has 2 heterocycles. The molecule has 0 spiro atoms. The lowest BCUT2D eigenvalue weighted by atomic mass is 9.94. The molecule has 0 N–H and O–H groups in total. The van der Waals surface area contributed by atoms with Crippen LogP contribution in [0.4, 0.5) is 0 Å². The van der Waals surface area contributed by atoms with Crippen LogP contribution >= 0.6 is 0 Å². The highest BCUT2D eigenvalue weighted by Gasteiger charge is 2.38. The molecule has 0 aliphatic heterocycles. The van der Waals surface area contributed by atoms with Crippen molar-refractivity contribution in [1.82, 2.24) is 20.3 Å². The first kappa shape index (κ1) is 16.0. The number of nitrogens with zero attached hydrogens (tertiary/aromatic N) is 4. The van der Waals surface area contributed by atoms with Crippen molar-refractivity contribution < 1.29 is 13.7 Å². The van der Waals surface area contributed by atoms with Crippen LogP contribution in [-0.2, 0) is 10.3 Å². The van der Waals surface area contributed by atoms with Gasteiger partial charge >= 0.3 is 0 Å². The van der Waals surface area contributed by atoms with Crippen LogP contribution in [0.1, 0.15) is 44.4 Å². The maximum Gasteiger partial charge on any atom is 0.259 e. The second-order valence-electron chi connectivity index (χ2n) is 6.36. The van der Waals surface area contributed by atoms with Crippen LogP contribution in [0.15, 0.2) is 39.6 Å². The van der Waals surface area contributed by atoms with Crippen molar-refractivity contribution >= 4 is 0 Å². The van der Waals surface area contributed by atoms with Gasteiger partial charge in [-0.2, -0.15) is 4.98 Å². The van der Waals surface area contributed by atoms with Crippen LogP contribution in [-0.4, -0.2) is 27.4 Å². The van der Waals surface area contributed by atoms with Crippen molar-refractivity contribution in [2.45, 2.75) is 44.1 Å². The fourth-order valence-corrected chi connectivity index (χ4v) is 3.39. The van der Waals surface area contributed by atoms with E-state index in [0.29, 0.717) is 17.6 Å². The highest BCUT2D eigenvalue weighted by Crippen LogP contribution is 2.38. The first-order chi connectivity index (χ1) is 12.3. The average Bonchev–Trinajstić information content (AvgIpc) is 3.31. The van der Waals surface area contributed by atoms with E-state index in [0.717, 1.165) is 36.8 Å². The molecule has 1 aromatic carbocycles. The molecule has 0 atom stereocenters. The third kappa shape index (κ3) is 3.07. The van der Waals surface area contributed by atoms with Gasteiger partial charge in [0.05, 0.1) is 0 Å². The summed E-state index contributed by atoms with van der Waals surface area (Å²) in [6.07, 6.45) is 7.83. The molecule has 1 fully saturated rings. The Hall–Kier alpha value is -2.54. The molecule has 1 saturated carbocycles. The Morgan fingerprint density at radius 3 is 2.36 bits per heavy atom. The normalized spacial score (nSPS) is 17.3. The minimum atomic E-state index is -0.453. The molecule has 7 heteroatoms. The fraction of sp³-hybridized carbons (Fsp3) is 0.444. The van der Waals surface area contributed by atoms with Gasteiger partial charge in [-0.25, -0.2) is 0 Å². The molecule has 130 valence electrons. The van der Waals surface area contributed by atoms with E-state index in [-0.39, 0.29) is 0 Å². The molecular formula is C18H20N4O3. The van der Waals surface area contributed by atoms with Crippen LogP contribution in [0, 0.1) is 0 Å². The first-order valence-corrected chi connectivity index (χ1v) is 8.57. The smallest absolute Gasteiger partial charge is 0.259 e. The predicted molar refractivity (Wildman–Crippen MR) is 89.4 cm³/mol. The number of ether oxygens (including phenoxy) is 1. The Morgan fingerprint density at radius 2 is 1.72 bits per heavy atom. The third-order valence-corrected chi connectivity index (χ3v) is 4.87. The van der Waals surface area contributed by atoms with Crippen molar-refractivity contribution in [3.05, 3.63) is 36.5 Å². The van der Waals surface area contributed by atoms with E-state index in [1.165, 1.54) is 19.2 Å². The summed E-state index contributed by atoms with van der Waals surface area (Å²) in [6.45, 7) is 0. The number of aromatic nitrogens is 4. The van der Waals surface area contributed by atoms with Gasteiger partial charge < -0.3 is 13.7 Å². The number of benzene rings is 1. The van der Waals surface area contributed by atoms with Crippen molar-refractivity contribution in [2.24, 2.45) is 0 Å². The molecule has 0 saturated heterocycles. The van der Waals surface area contributed by atoms with E-state index in [4.69, 9.17) is 13.7 Å². The summed E-state index contributed by atoms with van der Waals surface area (Å²) < 4.78 is 16.6. The second kappa shape index (κ2) is 6.76. The predicted octanol–water partition coefficient (Wildman–Crippen LogP) is 3.98. The van der Waals surface area contributed by atoms with Gasteiger partial charge in [0.15, 0.2) is 0 Å². The Labute approximate surface area is 145 Å². The number of hydrogen-bond acceptors (Lipinski definition) is 7. The Kier molecular flexibility index (Phi) is 4.31. The highest BCUT2D eigenvalue weighted by molar-refractivity contribution is 5.61. The summed E-state index contributed by atoms with van der Waals surface area (Å²) in [6, 6.07) is 7.63. The number of rotatable bonds is 4. The van der Waals surface area contributed by atoms with E-state index in [1.807, 2.05) is 24.3 Å². The van der Waals surface area contributed by atoms with E-state index < -0.39 is 5.60 Å². The van der Waals surface area contributed by atoms with Gasteiger partial charge in [-0.3, -0.25) is 0 Å². The largest absolute Gasteiger partial charge is 0.423 e. The Balaban J connectivity index is 1.60. The summed E-state index contributed by atoms with van der Waals surface area (Å²) >= 11 is 0. The third-order valence-electron chi connectivity index (χ3n) is 4.87. The quantitative estimate of drug-likeness (QED) is 0.664. The molecule has 3 aromatic rings. The molecule has 7 nitrogen and oxygen atoms in total. The number of hydrogen-bond donors (Lipinski definition) is 0. The van der Waals surface area contributed by atoms with Gasteiger partial charge in [0.25, 0.3) is 5.89 Å². The van der Waals surface area contributed by atoms with Crippen molar-refractivity contribution in [3.63, 3.8) is 0 Å². The van der Waals surface area contributed by atoms with Crippen LogP contribution in [0.5, 0.6) is 0 Å². The lowest BCUT2D eigenvalue weighted by Crippen LogP contribution is -2.28. The van der Waals surface area contributed by atoms with Gasteiger partial charge in [-0.1, -0.05) is 43.0 Å². The second-order valence-corrected chi connectivity index (χ2v) is 6.36. The van der Waals surface area contributed by atoms with Crippen molar-refractivity contribution in [3.8, 4) is 22.8 Å². The minimum absolute atomic E-state index is 0.453. The van der Waals surface area contributed by atoms with E-state index in [2.05, 4.69) is 20.3 Å². The zero-order valence-electron chi connectivity index (χ0n) is 14.1. The van der Waals surface area contributed by atoms with Crippen LogP contribution < -0.4 is 0 Å². The number of methoxy groups -OCH3 is 1. The molecule has 0 amide bonds. The van der Waals surface area contributed by atoms with Gasteiger partial charge in [0.1, 0.15) is 5.60 Å². The molecule has 25 heavy (non-hydrogen) atoms. The molecule has 1 aliphatic carbocycles. The minimum Gasteiger partial charge on any atom is -0.423 e. The monoisotopic (exact) mass is 340 g/mol. The maximum atomic E-state index is 5.84. The van der Waals surface area contributed by atoms with Gasteiger partial charge in [-0.15, -0.1) is 10.2 Å². The molecule has 2 aromatic heterocycles. The standard InChI is InChI=1S/C18H20N4O3/c1-23-18(10-4-2-3-5-11-18)17-20-15(22-25-17)13-6-8-14(9-7-13)16-21-19-12-24-16/h6-9,12H,2-5,10-11H2,1H3. The molecule has 1 aliphatic rings. The molecule has 4 rings (SSSR count). The molecule has 0 bridgehead atoms. The highest BCUT2D eigenvalue weighted by atomic mass is 16.5. The summed E-state index contributed by atoms with van der Waals surface area (Å²) in [7, 11) is 1.73. The maximum absolute atomic E-state index is 5.84. The average molecular weight is 340 g/mol. The topological polar surface area (TPSA) is 87.1 Å². The fourth-order valence-electron chi connectivity index (χ4n) is 3.39. The van der Waals surface area contributed by atoms with E-state index in [9.17, 15) is 0 Å². The zero-order valence-corrected chi connectivity index (χ0v) is 14.1. The van der Waals surface area contributed by atoms with Crippen molar-refractivity contribution in [2.75, 3.05) is 7.11 Å². The molecular weight excluding hydrogens is 320 g/mol. The Bertz CT molecular complexity index is 803.